The van der Waals surface area contributed by atoms with E-state index in [-0.39, 0.29) is 11.7 Å². The van der Waals surface area contributed by atoms with Crippen molar-refractivity contribution in [3.05, 3.63) is 96.3 Å². The number of aromatic nitrogens is 4. The number of nitrogens with one attached hydrogen (secondary N) is 1. The number of carbonyl (C=O) groups is 1. The number of rotatable bonds is 8. The zero-order valence-electron chi connectivity index (χ0n) is 20.8. The van der Waals surface area contributed by atoms with Crippen molar-refractivity contribution in [3.8, 4) is 22.7 Å². The minimum atomic E-state index is -2.90. The van der Waals surface area contributed by atoms with Crippen LogP contribution in [0, 0.1) is 0 Å². The van der Waals surface area contributed by atoms with Gasteiger partial charge < -0.3 is 4.74 Å². The summed E-state index contributed by atoms with van der Waals surface area (Å²) in [4.78, 5) is 12.8. The molecule has 2 aromatic heterocycles. The van der Waals surface area contributed by atoms with Gasteiger partial charge in [0, 0.05) is 22.9 Å². The van der Waals surface area contributed by atoms with E-state index in [0.29, 0.717) is 22.4 Å². The van der Waals surface area contributed by atoms with Crippen LogP contribution in [0.25, 0.3) is 27.8 Å². The second kappa shape index (κ2) is 10.6. The van der Waals surface area contributed by atoms with Crippen molar-refractivity contribution >= 4 is 23.0 Å². The van der Waals surface area contributed by atoms with Crippen molar-refractivity contribution < 1.29 is 23.0 Å². The summed E-state index contributed by atoms with van der Waals surface area (Å²) in [5.74, 6) is -0.297. The van der Waals surface area contributed by atoms with Crippen LogP contribution in [-0.2, 0) is 13.6 Å². The number of aryl methyl sites for hydroxylation is 2. The fraction of sp³-hybridized carbons (Fsp3) is 0.143. The summed E-state index contributed by atoms with van der Waals surface area (Å²) in [6, 6.07) is 21.2. The normalized spacial score (nSPS) is 11.5. The molecule has 0 aliphatic rings. The van der Waals surface area contributed by atoms with Crippen LogP contribution in [0.3, 0.4) is 0 Å². The molecule has 2 heterocycles. The largest absolute Gasteiger partial charge is 0.435 e. The predicted molar refractivity (Wildman–Crippen MR) is 139 cm³/mol. The summed E-state index contributed by atoms with van der Waals surface area (Å²) >= 11 is 0. The number of alkyl halides is 2. The zero-order valence-corrected chi connectivity index (χ0v) is 20.8. The smallest absolute Gasteiger partial charge is 0.387 e. The Morgan fingerprint density at radius 1 is 1.13 bits per heavy atom. The number of hydrogen-bond acceptors (Lipinski definition) is 4. The first kappa shape index (κ1) is 24.8. The first-order valence-electron chi connectivity index (χ1n) is 12.0. The summed E-state index contributed by atoms with van der Waals surface area (Å²) in [6.07, 6.45) is 5.26. The highest BCUT2D eigenvalue weighted by molar-refractivity contribution is 5.98. The predicted octanol–water partition coefficient (Wildman–Crippen LogP) is 4.70. The SMILES string of the molecule is CCn1c2ccc(C(=O)N/N=C/c3cn(-c4ccccc4)nc3-c3ccc(OC(F)F)cc3)cc2c[n+]1C. The number of fused-ring (bicyclic) bond motifs is 1. The minimum absolute atomic E-state index is 0.0496. The Balaban J connectivity index is 1.41. The van der Waals surface area contributed by atoms with Crippen molar-refractivity contribution in [1.29, 1.82) is 0 Å². The lowest BCUT2D eigenvalue weighted by Crippen LogP contribution is -2.37. The Morgan fingerprint density at radius 2 is 1.89 bits per heavy atom. The summed E-state index contributed by atoms with van der Waals surface area (Å²) in [5.41, 5.74) is 6.79. The van der Waals surface area contributed by atoms with Crippen LogP contribution in [0.5, 0.6) is 5.75 Å². The van der Waals surface area contributed by atoms with Crippen LogP contribution in [0.4, 0.5) is 8.78 Å². The number of benzene rings is 3. The fourth-order valence-electron chi connectivity index (χ4n) is 4.31. The molecule has 10 heteroatoms. The molecule has 38 heavy (non-hydrogen) atoms. The molecule has 0 saturated carbocycles. The van der Waals surface area contributed by atoms with E-state index in [1.54, 1.807) is 29.1 Å². The van der Waals surface area contributed by atoms with Gasteiger partial charge in [-0.25, -0.2) is 10.1 Å². The van der Waals surface area contributed by atoms with E-state index < -0.39 is 6.61 Å². The number of hydrazone groups is 1. The molecule has 0 saturated heterocycles. The molecule has 5 aromatic rings. The Labute approximate surface area is 217 Å². The van der Waals surface area contributed by atoms with E-state index in [1.165, 1.54) is 18.3 Å². The van der Waals surface area contributed by atoms with E-state index in [4.69, 9.17) is 0 Å². The summed E-state index contributed by atoms with van der Waals surface area (Å²) in [6.45, 7) is -0.0230. The lowest BCUT2D eigenvalue weighted by Gasteiger charge is -2.05. The van der Waals surface area contributed by atoms with Crippen LogP contribution in [0.2, 0.25) is 0 Å². The molecule has 0 unspecified atom stereocenters. The molecule has 192 valence electrons. The maximum absolute atomic E-state index is 12.8. The highest BCUT2D eigenvalue weighted by atomic mass is 19.3. The van der Waals surface area contributed by atoms with Crippen LogP contribution >= 0.6 is 0 Å². The van der Waals surface area contributed by atoms with Gasteiger partial charge in [-0.1, -0.05) is 18.2 Å². The Kier molecular flexibility index (Phi) is 6.94. The third-order valence-electron chi connectivity index (χ3n) is 6.06. The maximum atomic E-state index is 12.8. The highest BCUT2D eigenvalue weighted by Crippen LogP contribution is 2.26. The number of para-hydroxylation sites is 1. The number of ether oxygens (including phenoxy) is 1. The number of amides is 1. The molecular weight excluding hydrogens is 490 g/mol. The highest BCUT2D eigenvalue weighted by Gasteiger charge is 2.15. The van der Waals surface area contributed by atoms with Gasteiger partial charge in [-0.05, 0) is 61.5 Å². The molecule has 8 nitrogen and oxygen atoms in total. The minimum Gasteiger partial charge on any atom is -0.435 e. The van der Waals surface area contributed by atoms with Gasteiger partial charge in [0.2, 0.25) is 6.20 Å². The molecule has 0 aliphatic heterocycles. The second-order valence-electron chi connectivity index (χ2n) is 8.51. The maximum Gasteiger partial charge on any atom is 0.387 e. The monoisotopic (exact) mass is 515 g/mol. The van der Waals surface area contributed by atoms with Gasteiger partial charge in [-0.2, -0.15) is 23.7 Å². The summed E-state index contributed by atoms with van der Waals surface area (Å²) < 4.78 is 35.3. The van der Waals surface area contributed by atoms with E-state index in [0.717, 1.165) is 23.1 Å². The third kappa shape index (κ3) is 5.15. The topological polar surface area (TPSA) is 77.3 Å². The number of carbonyl (C=O) groups excluding carboxylic acids is 1. The molecule has 5 rings (SSSR count). The lowest BCUT2D eigenvalue weighted by molar-refractivity contribution is -0.750. The van der Waals surface area contributed by atoms with E-state index >= 15 is 0 Å². The van der Waals surface area contributed by atoms with Gasteiger partial charge in [-0.3, -0.25) is 4.79 Å². The third-order valence-corrected chi connectivity index (χ3v) is 6.06. The lowest BCUT2D eigenvalue weighted by atomic mass is 10.1. The van der Waals surface area contributed by atoms with Crippen molar-refractivity contribution in [2.45, 2.75) is 20.1 Å². The van der Waals surface area contributed by atoms with Gasteiger partial charge >= 0.3 is 6.61 Å². The molecule has 0 atom stereocenters. The van der Waals surface area contributed by atoms with Crippen LogP contribution in [-0.4, -0.2) is 33.2 Å². The van der Waals surface area contributed by atoms with Crippen molar-refractivity contribution in [2.75, 3.05) is 0 Å². The average molecular weight is 516 g/mol. The standard InChI is InChI=1S/C28H24F2N6O2/c1-3-36-25-14-11-20(15-21(25)17-34(36)2)27(37)32-31-16-22-18-35(23-7-5-4-6-8-23)33-26(22)19-9-12-24(13-10-19)38-28(29)30/h4-18,28H,3H2,1-2H3/p+1/b31-16+. The van der Waals surface area contributed by atoms with Crippen LogP contribution < -0.4 is 14.8 Å². The fourth-order valence-corrected chi connectivity index (χ4v) is 4.31. The summed E-state index contributed by atoms with van der Waals surface area (Å²) in [5, 5.41) is 9.80. The molecular formula is C28H25F2N6O2+. The van der Waals surface area contributed by atoms with Gasteiger partial charge in [0.15, 0.2) is 7.05 Å². The molecule has 1 amide bonds. The van der Waals surface area contributed by atoms with Crippen LogP contribution in [0.15, 0.2) is 90.3 Å². The molecule has 1 N–H and O–H groups in total. The Bertz CT molecular complexity index is 1610. The average Bonchev–Trinajstić information content (AvgIpc) is 3.48. The molecule has 0 fully saturated rings. The quantitative estimate of drug-likeness (QED) is 0.185. The molecule has 0 bridgehead atoms. The number of hydrogen-bond donors (Lipinski definition) is 1. The first-order chi connectivity index (χ1) is 18.4. The molecule has 0 aliphatic carbocycles. The van der Waals surface area contributed by atoms with E-state index in [9.17, 15) is 13.6 Å². The summed E-state index contributed by atoms with van der Waals surface area (Å²) in [7, 11) is 1.96. The van der Waals surface area contributed by atoms with Crippen molar-refractivity contribution in [3.63, 3.8) is 0 Å². The molecule has 3 aromatic carbocycles. The van der Waals surface area contributed by atoms with Gasteiger partial charge in [0.05, 0.1) is 23.8 Å². The van der Waals surface area contributed by atoms with Crippen molar-refractivity contribution in [2.24, 2.45) is 12.1 Å². The number of nitrogens with zero attached hydrogens (tertiary/aromatic N) is 5. The van der Waals surface area contributed by atoms with Gasteiger partial charge in [0.1, 0.15) is 17.0 Å². The van der Waals surface area contributed by atoms with E-state index in [2.05, 4.69) is 32.0 Å². The Hall–Kier alpha value is -4.86. The molecule has 0 radical (unpaired) electrons. The van der Waals surface area contributed by atoms with Crippen LogP contribution in [0.1, 0.15) is 22.8 Å². The van der Waals surface area contributed by atoms with E-state index in [1.807, 2.05) is 60.4 Å². The number of halogens is 2. The van der Waals surface area contributed by atoms with Gasteiger partial charge in [-0.15, -0.1) is 4.68 Å². The molecule has 0 spiro atoms. The van der Waals surface area contributed by atoms with Crippen molar-refractivity contribution in [1.82, 2.24) is 19.9 Å². The van der Waals surface area contributed by atoms with Gasteiger partial charge in [0.25, 0.3) is 5.91 Å². The zero-order chi connectivity index (χ0) is 26.6. The Morgan fingerprint density at radius 3 is 2.61 bits per heavy atom. The first-order valence-corrected chi connectivity index (χ1v) is 12.0. The second-order valence-corrected chi connectivity index (χ2v) is 8.51.